The van der Waals surface area contributed by atoms with Crippen LogP contribution in [0.15, 0.2) is 35.5 Å². The SMILES string of the molecule is C=C(C)[C@@H]1CC[C@]2(NCCN3CCS(=O)(=O)CC3)CC[C@]3(C)[C@H](CC[C@@H]4[C@@]5(C)C=CC(=C6CCC(C(=O)O)(C(=O)O)CC6)C(C)(C)[C@@H]5CC[C@]43C)[C@@H]12. The molecule has 1 heterocycles. The van der Waals surface area contributed by atoms with Crippen LogP contribution in [0.25, 0.3) is 0 Å². The van der Waals surface area contributed by atoms with Crippen molar-refractivity contribution in [1.29, 1.82) is 0 Å². The minimum atomic E-state index is -2.88. The number of carbonyl (C=O) groups is 2. The summed E-state index contributed by atoms with van der Waals surface area (Å²) in [6.45, 7) is 22.7. The summed E-state index contributed by atoms with van der Waals surface area (Å²) in [5.41, 5.74) is 2.77. The van der Waals surface area contributed by atoms with Gasteiger partial charge >= 0.3 is 11.9 Å². The van der Waals surface area contributed by atoms with Crippen LogP contribution in [0.3, 0.4) is 0 Å². The summed E-state index contributed by atoms with van der Waals surface area (Å²) >= 11 is 0. The number of carboxylic acid groups (broad SMARTS) is 2. The minimum Gasteiger partial charge on any atom is -0.480 e. The molecular formula is C43H66N2O6S. The quantitative estimate of drug-likeness (QED) is 0.181. The molecule has 0 spiro atoms. The molecule has 0 unspecified atom stereocenters. The van der Waals surface area contributed by atoms with E-state index in [1.165, 1.54) is 61.7 Å². The Kier molecular flexibility index (Phi) is 9.42. The fourth-order valence-electron chi connectivity index (χ4n) is 14.6. The number of fused-ring (bicyclic) bond motifs is 7. The molecule has 1 saturated heterocycles. The van der Waals surface area contributed by atoms with Gasteiger partial charge in [-0.2, -0.15) is 0 Å². The molecule has 0 bridgehead atoms. The molecule has 0 amide bonds. The molecule has 0 aromatic rings. The van der Waals surface area contributed by atoms with Gasteiger partial charge in [0, 0.05) is 31.7 Å². The van der Waals surface area contributed by atoms with Gasteiger partial charge in [0.25, 0.3) is 0 Å². The Morgan fingerprint density at radius 3 is 2.13 bits per heavy atom. The van der Waals surface area contributed by atoms with Crippen LogP contribution < -0.4 is 5.32 Å². The minimum absolute atomic E-state index is 0.0488. The van der Waals surface area contributed by atoms with Crippen molar-refractivity contribution in [2.45, 2.75) is 124 Å². The average molecular weight is 739 g/mol. The normalized spacial score (nSPS) is 43.5. The molecule has 7 rings (SSSR count). The third-order valence-electron chi connectivity index (χ3n) is 17.7. The molecule has 0 aromatic heterocycles. The van der Waals surface area contributed by atoms with Gasteiger partial charge in [0.1, 0.15) is 0 Å². The lowest BCUT2D eigenvalue weighted by Gasteiger charge is -2.72. The Balaban J connectivity index is 1.14. The first-order chi connectivity index (χ1) is 24.3. The van der Waals surface area contributed by atoms with E-state index in [0.717, 1.165) is 19.5 Å². The van der Waals surface area contributed by atoms with E-state index in [2.05, 4.69) is 70.5 Å². The number of nitrogens with one attached hydrogen (secondary N) is 1. The number of rotatable bonds is 7. The monoisotopic (exact) mass is 738 g/mol. The maximum Gasteiger partial charge on any atom is 0.321 e. The van der Waals surface area contributed by atoms with Crippen molar-refractivity contribution >= 4 is 21.8 Å². The van der Waals surface area contributed by atoms with Crippen LogP contribution in [0.1, 0.15) is 119 Å². The Labute approximate surface area is 313 Å². The van der Waals surface area contributed by atoms with E-state index in [4.69, 9.17) is 0 Å². The summed E-state index contributed by atoms with van der Waals surface area (Å²) in [4.78, 5) is 26.5. The van der Waals surface area contributed by atoms with Crippen molar-refractivity contribution in [2.24, 2.45) is 56.7 Å². The third-order valence-corrected chi connectivity index (χ3v) is 19.3. The first kappa shape index (κ1) is 38.3. The standard InChI is InChI=1S/C43H66N2O6S/c1-28(2)30-12-19-43(44-22-23-45-24-26-52(50,51)27-25-45)21-20-40(6)32(35(30)43)8-9-34-39(5)15-13-31(38(3,4)33(39)14-16-41(34,40)7)29-10-17-42(18-11-29,36(46)47)37(48)49/h13,15,30,32-35,44H,1,8-12,14,16-27H2,2-7H3,(H,46,47)(H,48,49)/t30-,32+,33-,34+,35+,39-,40+,41+,43-/m0/s1. The summed E-state index contributed by atoms with van der Waals surface area (Å²) in [5.74, 6) is 0.927. The summed E-state index contributed by atoms with van der Waals surface area (Å²) in [7, 11) is -2.88. The second-order valence-electron chi connectivity index (χ2n) is 19.9. The van der Waals surface area contributed by atoms with E-state index >= 15 is 0 Å². The maximum atomic E-state index is 12.1. The van der Waals surface area contributed by atoms with Crippen LogP contribution in [0.5, 0.6) is 0 Å². The van der Waals surface area contributed by atoms with Gasteiger partial charge in [-0.3, -0.25) is 9.59 Å². The molecule has 9 heteroatoms. The number of hydrogen-bond acceptors (Lipinski definition) is 6. The highest BCUT2D eigenvalue weighted by molar-refractivity contribution is 7.91. The largest absolute Gasteiger partial charge is 0.480 e. The van der Waals surface area contributed by atoms with E-state index in [1.54, 1.807) is 0 Å². The molecule has 6 aliphatic carbocycles. The van der Waals surface area contributed by atoms with E-state index in [0.29, 0.717) is 55.5 Å². The van der Waals surface area contributed by atoms with Gasteiger partial charge in [-0.1, -0.05) is 64.5 Å². The maximum absolute atomic E-state index is 12.1. The first-order valence-electron chi connectivity index (χ1n) is 20.5. The number of hydrogen-bond donors (Lipinski definition) is 3. The third kappa shape index (κ3) is 5.58. The molecule has 9 atom stereocenters. The fourth-order valence-corrected chi connectivity index (χ4v) is 15.8. The number of sulfone groups is 1. The van der Waals surface area contributed by atoms with E-state index in [-0.39, 0.29) is 51.5 Å². The first-order valence-corrected chi connectivity index (χ1v) is 22.3. The number of allylic oxidation sites excluding steroid dienone is 5. The summed E-state index contributed by atoms with van der Waals surface area (Å²) in [5, 5.41) is 23.9. The Hall–Kier alpha value is -1.97. The number of carboxylic acids is 2. The second-order valence-corrected chi connectivity index (χ2v) is 22.2. The molecule has 0 aromatic carbocycles. The van der Waals surface area contributed by atoms with Gasteiger partial charge in [0.05, 0.1) is 11.5 Å². The highest BCUT2D eigenvalue weighted by atomic mass is 32.2. The van der Waals surface area contributed by atoms with Gasteiger partial charge in [0.15, 0.2) is 15.3 Å². The van der Waals surface area contributed by atoms with Crippen LogP contribution in [0.4, 0.5) is 0 Å². The molecule has 5 saturated carbocycles. The Bertz CT molecular complexity index is 1640. The highest BCUT2D eigenvalue weighted by Crippen LogP contribution is 2.76. The lowest BCUT2D eigenvalue weighted by Crippen LogP contribution is -2.68. The van der Waals surface area contributed by atoms with Crippen molar-refractivity contribution in [1.82, 2.24) is 10.2 Å². The fraction of sp³-hybridized carbons (Fsp3) is 0.814. The molecule has 6 fully saturated rings. The lowest BCUT2D eigenvalue weighted by molar-refractivity contribution is -0.209. The van der Waals surface area contributed by atoms with Crippen molar-refractivity contribution < 1.29 is 28.2 Å². The Morgan fingerprint density at radius 2 is 1.52 bits per heavy atom. The average Bonchev–Trinajstić information content (AvgIpc) is 3.45. The molecule has 7 aliphatic rings. The molecule has 52 heavy (non-hydrogen) atoms. The predicted octanol–water partition coefficient (Wildman–Crippen LogP) is 7.52. The second kappa shape index (κ2) is 12.8. The predicted molar refractivity (Wildman–Crippen MR) is 205 cm³/mol. The zero-order valence-electron chi connectivity index (χ0n) is 32.9. The van der Waals surface area contributed by atoms with Gasteiger partial charge in [0.2, 0.25) is 0 Å². The van der Waals surface area contributed by atoms with Crippen molar-refractivity contribution in [3.63, 3.8) is 0 Å². The van der Waals surface area contributed by atoms with Crippen LogP contribution in [0, 0.1) is 56.7 Å². The van der Waals surface area contributed by atoms with Crippen molar-refractivity contribution in [2.75, 3.05) is 37.7 Å². The molecule has 0 radical (unpaired) electrons. The lowest BCUT2D eigenvalue weighted by atomic mass is 9.33. The highest BCUT2D eigenvalue weighted by Gasteiger charge is 2.70. The van der Waals surface area contributed by atoms with Crippen LogP contribution in [0.2, 0.25) is 0 Å². The zero-order chi connectivity index (χ0) is 37.7. The number of nitrogens with zero attached hydrogens (tertiary/aromatic N) is 1. The number of aliphatic carboxylic acids is 2. The Morgan fingerprint density at radius 1 is 0.865 bits per heavy atom. The van der Waals surface area contributed by atoms with Crippen LogP contribution in [-0.4, -0.2) is 78.7 Å². The zero-order valence-corrected chi connectivity index (χ0v) is 33.7. The van der Waals surface area contributed by atoms with Crippen molar-refractivity contribution in [3.05, 3.63) is 35.5 Å². The van der Waals surface area contributed by atoms with Crippen molar-refractivity contribution in [3.8, 4) is 0 Å². The van der Waals surface area contributed by atoms with E-state index < -0.39 is 27.2 Å². The van der Waals surface area contributed by atoms with Gasteiger partial charge in [-0.15, -0.1) is 0 Å². The van der Waals surface area contributed by atoms with Crippen LogP contribution >= 0.6 is 0 Å². The van der Waals surface area contributed by atoms with E-state index in [9.17, 15) is 28.2 Å². The topological polar surface area (TPSA) is 124 Å². The summed E-state index contributed by atoms with van der Waals surface area (Å²) in [6.07, 6.45) is 16.0. The molecule has 8 nitrogen and oxygen atoms in total. The summed E-state index contributed by atoms with van der Waals surface area (Å²) < 4.78 is 24.1. The van der Waals surface area contributed by atoms with Crippen LogP contribution in [-0.2, 0) is 19.4 Å². The molecule has 290 valence electrons. The van der Waals surface area contributed by atoms with E-state index in [1.807, 2.05) is 0 Å². The van der Waals surface area contributed by atoms with Gasteiger partial charge in [-0.05, 0) is 141 Å². The van der Waals surface area contributed by atoms with Gasteiger partial charge in [-0.25, -0.2) is 8.42 Å². The molecular weight excluding hydrogens is 673 g/mol. The smallest absolute Gasteiger partial charge is 0.321 e. The summed E-state index contributed by atoms with van der Waals surface area (Å²) in [6, 6.07) is 0. The molecule has 1 aliphatic heterocycles. The molecule has 3 N–H and O–H groups in total. The van der Waals surface area contributed by atoms with Gasteiger partial charge < -0.3 is 20.4 Å².